The molecule has 6 heteroatoms. The zero-order chi connectivity index (χ0) is 17.0. The van der Waals surface area contributed by atoms with E-state index in [1.54, 1.807) is 7.11 Å². The summed E-state index contributed by atoms with van der Waals surface area (Å²) in [5, 5.41) is 0. The van der Waals surface area contributed by atoms with E-state index in [2.05, 4.69) is 26.4 Å². The molecule has 1 atom stereocenters. The Labute approximate surface area is 144 Å². The van der Waals surface area contributed by atoms with Gasteiger partial charge in [0, 0.05) is 64.6 Å². The van der Waals surface area contributed by atoms with Crippen LogP contribution in [0.15, 0.2) is 12.4 Å². The van der Waals surface area contributed by atoms with Crippen molar-refractivity contribution in [1.82, 2.24) is 19.4 Å². The SMILES string of the molecule is COCCCN1CC2(CCCN(Cc3nccn3C)C2)CCC1=O. The van der Waals surface area contributed by atoms with Gasteiger partial charge < -0.3 is 14.2 Å². The molecule has 1 aromatic rings. The van der Waals surface area contributed by atoms with Crippen LogP contribution in [0.2, 0.25) is 0 Å². The molecule has 24 heavy (non-hydrogen) atoms. The van der Waals surface area contributed by atoms with E-state index in [0.29, 0.717) is 12.3 Å². The molecule has 1 amide bonds. The lowest BCUT2D eigenvalue weighted by atomic mass is 9.73. The van der Waals surface area contributed by atoms with Crippen molar-refractivity contribution >= 4 is 5.91 Å². The molecule has 0 aromatic carbocycles. The van der Waals surface area contributed by atoms with E-state index in [4.69, 9.17) is 4.74 Å². The number of amides is 1. The maximum absolute atomic E-state index is 12.3. The normalized spacial score (nSPS) is 25.6. The summed E-state index contributed by atoms with van der Waals surface area (Å²) in [7, 11) is 3.77. The van der Waals surface area contributed by atoms with Gasteiger partial charge in [0.25, 0.3) is 0 Å². The van der Waals surface area contributed by atoms with Gasteiger partial charge in [-0.25, -0.2) is 4.98 Å². The Morgan fingerprint density at radius 3 is 2.96 bits per heavy atom. The van der Waals surface area contributed by atoms with E-state index in [0.717, 1.165) is 58.0 Å². The first-order chi connectivity index (χ1) is 11.6. The van der Waals surface area contributed by atoms with Gasteiger partial charge in [0.15, 0.2) is 0 Å². The number of hydrogen-bond acceptors (Lipinski definition) is 4. The number of piperidine rings is 2. The Morgan fingerprint density at radius 1 is 1.33 bits per heavy atom. The van der Waals surface area contributed by atoms with Crippen molar-refractivity contribution < 1.29 is 9.53 Å². The quantitative estimate of drug-likeness (QED) is 0.743. The van der Waals surface area contributed by atoms with E-state index < -0.39 is 0 Å². The molecule has 2 saturated heterocycles. The van der Waals surface area contributed by atoms with E-state index in [1.807, 2.05) is 12.4 Å². The Balaban J connectivity index is 1.61. The Bertz CT molecular complexity index is 559. The van der Waals surface area contributed by atoms with Gasteiger partial charge in [-0.1, -0.05) is 0 Å². The largest absolute Gasteiger partial charge is 0.385 e. The summed E-state index contributed by atoms with van der Waals surface area (Å²) in [4.78, 5) is 21.3. The first-order valence-electron chi connectivity index (χ1n) is 9.07. The number of nitrogens with zero attached hydrogens (tertiary/aromatic N) is 4. The molecule has 1 spiro atoms. The minimum absolute atomic E-state index is 0.268. The molecule has 6 nitrogen and oxygen atoms in total. The van der Waals surface area contributed by atoms with Crippen molar-refractivity contribution in [2.45, 2.75) is 38.6 Å². The fourth-order valence-corrected chi connectivity index (χ4v) is 4.23. The monoisotopic (exact) mass is 334 g/mol. The van der Waals surface area contributed by atoms with Gasteiger partial charge in [-0.2, -0.15) is 0 Å². The van der Waals surface area contributed by atoms with Gasteiger partial charge in [-0.05, 0) is 32.2 Å². The maximum Gasteiger partial charge on any atom is 0.222 e. The van der Waals surface area contributed by atoms with E-state index >= 15 is 0 Å². The van der Waals surface area contributed by atoms with Crippen LogP contribution in [0.1, 0.15) is 37.9 Å². The van der Waals surface area contributed by atoms with Crippen molar-refractivity contribution in [3.05, 3.63) is 18.2 Å². The molecule has 3 heterocycles. The van der Waals surface area contributed by atoms with Crippen molar-refractivity contribution in [3.8, 4) is 0 Å². The van der Waals surface area contributed by atoms with Crippen LogP contribution in [-0.4, -0.2) is 65.2 Å². The van der Waals surface area contributed by atoms with Crippen LogP contribution in [0, 0.1) is 5.41 Å². The number of ether oxygens (including phenoxy) is 1. The molecule has 2 aliphatic rings. The summed E-state index contributed by atoms with van der Waals surface area (Å²) in [5.41, 5.74) is 0.268. The molecule has 0 N–H and O–H groups in total. The second-order valence-electron chi connectivity index (χ2n) is 7.43. The standard InChI is InChI=1S/C18H30N4O2/c1-20-11-8-19-16(20)13-21-9-3-6-18(14-21)7-5-17(23)22(15-18)10-4-12-24-2/h8,11H,3-7,9-10,12-15H2,1-2H3. The topological polar surface area (TPSA) is 50.6 Å². The maximum atomic E-state index is 12.3. The van der Waals surface area contributed by atoms with Crippen molar-refractivity contribution in [2.75, 3.05) is 39.9 Å². The molecule has 0 saturated carbocycles. The minimum atomic E-state index is 0.268. The fraction of sp³-hybridized carbons (Fsp3) is 0.778. The zero-order valence-electron chi connectivity index (χ0n) is 15.0. The number of likely N-dealkylation sites (tertiary alicyclic amines) is 2. The number of aryl methyl sites for hydroxylation is 1. The second-order valence-corrected chi connectivity index (χ2v) is 7.43. The lowest BCUT2D eigenvalue weighted by Crippen LogP contribution is -2.54. The molecule has 0 radical (unpaired) electrons. The number of carbonyl (C=O) groups is 1. The Morgan fingerprint density at radius 2 is 2.21 bits per heavy atom. The summed E-state index contributed by atoms with van der Waals surface area (Å²) in [5.74, 6) is 1.44. The molecule has 0 bridgehead atoms. The van der Waals surface area contributed by atoms with Crippen LogP contribution in [-0.2, 0) is 23.1 Å². The first kappa shape index (κ1) is 17.4. The smallest absolute Gasteiger partial charge is 0.222 e. The van der Waals surface area contributed by atoms with Crippen LogP contribution >= 0.6 is 0 Å². The fourth-order valence-electron chi connectivity index (χ4n) is 4.23. The van der Waals surface area contributed by atoms with Gasteiger partial charge >= 0.3 is 0 Å². The van der Waals surface area contributed by atoms with Crippen molar-refractivity contribution in [2.24, 2.45) is 12.5 Å². The lowest BCUT2D eigenvalue weighted by molar-refractivity contribution is -0.139. The highest BCUT2D eigenvalue weighted by Crippen LogP contribution is 2.39. The Kier molecular flexibility index (Phi) is 5.56. The highest BCUT2D eigenvalue weighted by atomic mass is 16.5. The number of methoxy groups -OCH3 is 1. The molecular weight excluding hydrogens is 304 g/mol. The van der Waals surface area contributed by atoms with E-state index in [1.165, 1.54) is 12.8 Å². The molecular formula is C18H30N4O2. The molecule has 2 fully saturated rings. The Hall–Kier alpha value is -1.40. The predicted octanol–water partition coefficient (Wildman–Crippen LogP) is 1.66. The summed E-state index contributed by atoms with van der Waals surface area (Å²) in [6.07, 6.45) is 8.97. The summed E-state index contributed by atoms with van der Waals surface area (Å²) in [6, 6.07) is 0. The molecule has 0 aliphatic carbocycles. The molecule has 3 rings (SSSR count). The van der Waals surface area contributed by atoms with Gasteiger partial charge in [-0.15, -0.1) is 0 Å². The van der Waals surface area contributed by atoms with Gasteiger partial charge in [0.2, 0.25) is 5.91 Å². The number of aromatic nitrogens is 2. The number of carbonyl (C=O) groups excluding carboxylic acids is 1. The van der Waals surface area contributed by atoms with Gasteiger partial charge in [-0.3, -0.25) is 9.69 Å². The minimum Gasteiger partial charge on any atom is -0.385 e. The lowest BCUT2D eigenvalue weighted by Gasteiger charge is -2.48. The van der Waals surface area contributed by atoms with Crippen LogP contribution < -0.4 is 0 Å². The predicted molar refractivity (Wildman–Crippen MR) is 92.5 cm³/mol. The van der Waals surface area contributed by atoms with Crippen LogP contribution in [0.5, 0.6) is 0 Å². The van der Waals surface area contributed by atoms with Crippen molar-refractivity contribution in [1.29, 1.82) is 0 Å². The third-order valence-corrected chi connectivity index (χ3v) is 5.55. The van der Waals surface area contributed by atoms with Crippen LogP contribution in [0.3, 0.4) is 0 Å². The molecule has 134 valence electrons. The highest BCUT2D eigenvalue weighted by molar-refractivity contribution is 5.77. The van der Waals surface area contributed by atoms with Crippen molar-refractivity contribution in [3.63, 3.8) is 0 Å². The zero-order valence-corrected chi connectivity index (χ0v) is 15.0. The number of hydrogen-bond donors (Lipinski definition) is 0. The van der Waals surface area contributed by atoms with Crippen LogP contribution in [0.4, 0.5) is 0 Å². The van der Waals surface area contributed by atoms with Gasteiger partial charge in [0.1, 0.15) is 5.82 Å². The number of rotatable bonds is 6. The average Bonchev–Trinajstić information content (AvgIpc) is 2.97. The van der Waals surface area contributed by atoms with Crippen LogP contribution in [0.25, 0.3) is 0 Å². The molecule has 2 aliphatic heterocycles. The first-order valence-corrected chi connectivity index (χ1v) is 9.07. The van der Waals surface area contributed by atoms with E-state index in [-0.39, 0.29) is 5.41 Å². The molecule has 1 unspecified atom stereocenters. The summed E-state index contributed by atoms with van der Waals surface area (Å²) in [6.45, 7) is 5.57. The second kappa shape index (κ2) is 7.66. The third-order valence-electron chi connectivity index (χ3n) is 5.55. The van der Waals surface area contributed by atoms with Gasteiger partial charge in [0.05, 0.1) is 6.54 Å². The number of imidazole rings is 1. The third kappa shape index (κ3) is 3.98. The highest BCUT2D eigenvalue weighted by Gasteiger charge is 2.41. The molecule has 1 aromatic heterocycles. The van der Waals surface area contributed by atoms with E-state index in [9.17, 15) is 4.79 Å². The summed E-state index contributed by atoms with van der Waals surface area (Å²) >= 11 is 0. The average molecular weight is 334 g/mol. The summed E-state index contributed by atoms with van der Waals surface area (Å²) < 4.78 is 7.24.